The van der Waals surface area contributed by atoms with Gasteiger partial charge in [-0.2, -0.15) is 0 Å². The lowest BCUT2D eigenvalue weighted by Gasteiger charge is -2.10. The van der Waals surface area contributed by atoms with Crippen molar-refractivity contribution in [2.75, 3.05) is 6.54 Å². The van der Waals surface area contributed by atoms with Crippen LogP contribution >= 0.6 is 0 Å². The van der Waals surface area contributed by atoms with Crippen molar-refractivity contribution in [1.82, 2.24) is 5.32 Å². The molecule has 2 heterocycles. The molecule has 14 heavy (non-hydrogen) atoms. The van der Waals surface area contributed by atoms with Crippen molar-refractivity contribution in [3.63, 3.8) is 0 Å². The highest BCUT2D eigenvalue weighted by atomic mass is 16.3. The Hall–Kier alpha value is -1.25. The SMILES string of the molecule is O=C1NCCCCC1Cc1ccoc1. The molecule has 1 aliphatic heterocycles. The molecule has 2 rings (SSSR count). The predicted molar refractivity (Wildman–Crippen MR) is 52.8 cm³/mol. The fraction of sp³-hybridized carbons (Fsp3) is 0.545. The minimum atomic E-state index is 0.134. The van der Waals surface area contributed by atoms with Crippen molar-refractivity contribution in [2.45, 2.75) is 25.7 Å². The molecule has 3 heteroatoms. The summed E-state index contributed by atoms with van der Waals surface area (Å²) in [6.45, 7) is 0.834. The minimum Gasteiger partial charge on any atom is -0.472 e. The smallest absolute Gasteiger partial charge is 0.223 e. The Morgan fingerprint density at radius 2 is 2.43 bits per heavy atom. The van der Waals surface area contributed by atoms with Gasteiger partial charge < -0.3 is 9.73 Å². The van der Waals surface area contributed by atoms with E-state index in [0.717, 1.165) is 37.8 Å². The normalized spacial score (nSPS) is 22.9. The molecular formula is C11H15NO2. The van der Waals surface area contributed by atoms with Crippen molar-refractivity contribution >= 4 is 5.91 Å². The maximum Gasteiger partial charge on any atom is 0.223 e. The van der Waals surface area contributed by atoms with Gasteiger partial charge in [-0.15, -0.1) is 0 Å². The van der Waals surface area contributed by atoms with E-state index in [9.17, 15) is 4.79 Å². The summed E-state index contributed by atoms with van der Waals surface area (Å²) in [5, 5.41) is 2.94. The first-order valence-corrected chi connectivity index (χ1v) is 5.15. The molecule has 0 saturated carbocycles. The summed E-state index contributed by atoms with van der Waals surface area (Å²) >= 11 is 0. The van der Waals surface area contributed by atoms with Crippen LogP contribution in [-0.2, 0) is 11.2 Å². The fourth-order valence-electron chi connectivity index (χ4n) is 1.89. The molecule has 3 nitrogen and oxygen atoms in total. The number of carbonyl (C=O) groups is 1. The maximum absolute atomic E-state index is 11.6. The Morgan fingerprint density at radius 1 is 1.50 bits per heavy atom. The number of hydrogen-bond donors (Lipinski definition) is 1. The minimum absolute atomic E-state index is 0.134. The van der Waals surface area contributed by atoms with Gasteiger partial charge in [-0.3, -0.25) is 4.79 Å². The molecule has 1 N–H and O–H groups in total. The Kier molecular flexibility index (Phi) is 2.87. The first-order chi connectivity index (χ1) is 6.86. The van der Waals surface area contributed by atoms with Crippen LogP contribution in [0.3, 0.4) is 0 Å². The van der Waals surface area contributed by atoms with Crippen LogP contribution in [0, 0.1) is 5.92 Å². The van der Waals surface area contributed by atoms with Crippen LogP contribution in [0.15, 0.2) is 23.0 Å². The summed E-state index contributed by atoms with van der Waals surface area (Å²) in [4.78, 5) is 11.6. The Bertz CT molecular complexity index is 292. The van der Waals surface area contributed by atoms with Gasteiger partial charge in [-0.1, -0.05) is 6.42 Å². The van der Waals surface area contributed by atoms with Crippen molar-refractivity contribution in [3.05, 3.63) is 24.2 Å². The van der Waals surface area contributed by atoms with Crippen molar-refractivity contribution in [2.24, 2.45) is 5.92 Å². The van der Waals surface area contributed by atoms with E-state index in [2.05, 4.69) is 5.32 Å². The maximum atomic E-state index is 11.6. The summed E-state index contributed by atoms with van der Waals surface area (Å²) in [5.74, 6) is 0.332. The number of carbonyl (C=O) groups excluding carboxylic acids is 1. The van der Waals surface area contributed by atoms with Gasteiger partial charge in [0, 0.05) is 12.5 Å². The predicted octanol–water partition coefficient (Wildman–Crippen LogP) is 1.74. The largest absolute Gasteiger partial charge is 0.472 e. The van der Waals surface area contributed by atoms with E-state index < -0.39 is 0 Å². The second kappa shape index (κ2) is 4.31. The average Bonchev–Trinajstić information content (AvgIpc) is 2.60. The van der Waals surface area contributed by atoms with Gasteiger partial charge in [0.1, 0.15) is 0 Å². The molecule has 0 bridgehead atoms. The standard InChI is InChI=1S/C11H15NO2/c13-11-10(3-1-2-5-12-11)7-9-4-6-14-8-9/h4,6,8,10H,1-3,5,7H2,(H,12,13). The molecule has 1 saturated heterocycles. The average molecular weight is 193 g/mol. The van der Waals surface area contributed by atoms with E-state index in [1.807, 2.05) is 6.07 Å². The van der Waals surface area contributed by atoms with Gasteiger partial charge in [0.05, 0.1) is 12.5 Å². The third-order valence-corrected chi connectivity index (χ3v) is 2.71. The van der Waals surface area contributed by atoms with E-state index in [1.165, 1.54) is 0 Å². The highest BCUT2D eigenvalue weighted by Crippen LogP contribution is 2.17. The molecule has 1 atom stereocenters. The molecule has 76 valence electrons. The van der Waals surface area contributed by atoms with Crippen LogP contribution < -0.4 is 5.32 Å². The topological polar surface area (TPSA) is 42.2 Å². The van der Waals surface area contributed by atoms with Gasteiger partial charge in [0.25, 0.3) is 0 Å². The Morgan fingerprint density at radius 3 is 3.21 bits per heavy atom. The Balaban J connectivity index is 1.98. The van der Waals surface area contributed by atoms with Crippen LogP contribution in [0.4, 0.5) is 0 Å². The fourth-order valence-corrected chi connectivity index (χ4v) is 1.89. The van der Waals surface area contributed by atoms with E-state index in [0.29, 0.717) is 0 Å². The van der Waals surface area contributed by atoms with E-state index in [1.54, 1.807) is 12.5 Å². The van der Waals surface area contributed by atoms with Crippen molar-refractivity contribution in [1.29, 1.82) is 0 Å². The lowest BCUT2D eigenvalue weighted by Crippen LogP contribution is -2.29. The molecule has 1 fully saturated rings. The van der Waals surface area contributed by atoms with Crippen molar-refractivity contribution in [3.8, 4) is 0 Å². The molecule has 1 aliphatic rings. The summed E-state index contributed by atoms with van der Waals surface area (Å²) in [6.07, 6.45) is 7.43. The molecule has 1 amide bonds. The van der Waals surface area contributed by atoms with Gasteiger partial charge in [0.15, 0.2) is 0 Å². The van der Waals surface area contributed by atoms with Crippen LogP contribution in [0.5, 0.6) is 0 Å². The molecule has 0 aromatic carbocycles. The Labute approximate surface area is 83.5 Å². The molecule has 0 aliphatic carbocycles. The third kappa shape index (κ3) is 2.16. The van der Waals surface area contributed by atoms with Crippen LogP contribution in [0.25, 0.3) is 0 Å². The number of rotatable bonds is 2. The molecule has 1 aromatic rings. The third-order valence-electron chi connectivity index (χ3n) is 2.71. The van der Waals surface area contributed by atoms with Crippen LogP contribution in [0.1, 0.15) is 24.8 Å². The number of hydrogen-bond acceptors (Lipinski definition) is 2. The zero-order valence-corrected chi connectivity index (χ0v) is 8.16. The second-order valence-corrected chi connectivity index (χ2v) is 3.82. The summed E-state index contributed by atoms with van der Waals surface area (Å²) in [5.41, 5.74) is 1.12. The van der Waals surface area contributed by atoms with E-state index in [4.69, 9.17) is 4.42 Å². The first-order valence-electron chi connectivity index (χ1n) is 5.15. The monoisotopic (exact) mass is 193 g/mol. The van der Waals surface area contributed by atoms with Gasteiger partial charge in [-0.25, -0.2) is 0 Å². The quantitative estimate of drug-likeness (QED) is 0.777. The van der Waals surface area contributed by atoms with Crippen LogP contribution in [0.2, 0.25) is 0 Å². The van der Waals surface area contributed by atoms with Gasteiger partial charge in [0.2, 0.25) is 5.91 Å². The molecular weight excluding hydrogens is 178 g/mol. The van der Waals surface area contributed by atoms with Gasteiger partial charge >= 0.3 is 0 Å². The zero-order valence-electron chi connectivity index (χ0n) is 8.16. The molecule has 1 unspecified atom stereocenters. The highest BCUT2D eigenvalue weighted by molar-refractivity contribution is 5.79. The molecule has 0 spiro atoms. The lowest BCUT2D eigenvalue weighted by atomic mass is 9.96. The first kappa shape index (κ1) is 9.31. The second-order valence-electron chi connectivity index (χ2n) is 3.82. The molecule has 1 aromatic heterocycles. The summed E-state index contributed by atoms with van der Waals surface area (Å²) < 4.78 is 4.99. The van der Waals surface area contributed by atoms with E-state index >= 15 is 0 Å². The molecule has 0 radical (unpaired) electrons. The van der Waals surface area contributed by atoms with E-state index in [-0.39, 0.29) is 11.8 Å². The highest BCUT2D eigenvalue weighted by Gasteiger charge is 2.20. The zero-order chi connectivity index (χ0) is 9.80. The van der Waals surface area contributed by atoms with Crippen molar-refractivity contribution < 1.29 is 9.21 Å². The summed E-state index contributed by atoms with van der Waals surface area (Å²) in [6, 6.07) is 1.93. The number of nitrogens with one attached hydrogen (secondary N) is 1. The number of amides is 1. The lowest BCUT2D eigenvalue weighted by molar-refractivity contribution is -0.124. The number of furan rings is 1. The van der Waals surface area contributed by atoms with Gasteiger partial charge in [-0.05, 0) is 30.9 Å². The van der Waals surface area contributed by atoms with Crippen LogP contribution in [-0.4, -0.2) is 12.5 Å². The summed E-state index contributed by atoms with van der Waals surface area (Å²) in [7, 11) is 0.